The molecule has 1 aromatic heterocycles. The van der Waals surface area contributed by atoms with Gasteiger partial charge in [0.1, 0.15) is 11.6 Å². The maximum Gasteiger partial charge on any atom is 0.126 e. The summed E-state index contributed by atoms with van der Waals surface area (Å²) in [5, 5.41) is 13.2. The van der Waals surface area contributed by atoms with Crippen molar-refractivity contribution in [3.05, 3.63) is 70.6 Å². The van der Waals surface area contributed by atoms with Crippen molar-refractivity contribution in [2.45, 2.75) is 12.5 Å². The topological polar surface area (TPSA) is 20.2 Å². The molecule has 0 amide bonds. The molecule has 1 atom stereocenters. The Hall–Kier alpha value is -1.78. The van der Waals surface area contributed by atoms with E-state index in [4.69, 9.17) is 0 Å². The van der Waals surface area contributed by atoms with Crippen molar-refractivity contribution in [3.8, 4) is 0 Å². The van der Waals surface area contributed by atoms with Crippen molar-refractivity contribution in [2.75, 3.05) is 0 Å². The van der Waals surface area contributed by atoms with Crippen molar-refractivity contribution >= 4 is 21.4 Å². The highest BCUT2D eigenvalue weighted by Crippen LogP contribution is 2.29. The van der Waals surface area contributed by atoms with Gasteiger partial charge in [0, 0.05) is 17.2 Å². The summed E-state index contributed by atoms with van der Waals surface area (Å²) < 4.78 is 27.5. The first-order valence-corrected chi connectivity index (χ1v) is 7.10. The van der Waals surface area contributed by atoms with Crippen molar-refractivity contribution in [1.82, 2.24) is 0 Å². The first-order chi connectivity index (χ1) is 9.63. The Balaban J connectivity index is 1.90. The molecular formula is C16H12F2OS. The van der Waals surface area contributed by atoms with E-state index >= 15 is 0 Å². The smallest absolute Gasteiger partial charge is 0.126 e. The number of hydrogen-bond donors (Lipinski definition) is 1. The molecule has 1 N–H and O–H groups in total. The Morgan fingerprint density at radius 1 is 1.05 bits per heavy atom. The zero-order chi connectivity index (χ0) is 14.1. The lowest BCUT2D eigenvalue weighted by Gasteiger charge is -2.11. The number of rotatable bonds is 3. The number of hydrogen-bond acceptors (Lipinski definition) is 2. The standard InChI is InChI=1S/C16H12F2OS/c17-12-5-10(6-13(18)8-12)15(19)7-11-9-20-16-4-2-1-3-14(11)16/h1-6,8-9,15,19H,7H2. The molecule has 0 saturated heterocycles. The minimum atomic E-state index is -0.918. The predicted molar refractivity (Wildman–Crippen MR) is 76.8 cm³/mol. The zero-order valence-corrected chi connectivity index (χ0v) is 11.3. The van der Waals surface area contributed by atoms with E-state index in [1.165, 1.54) is 12.1 Å². The summed E-state index contributed by atoms with van der Waals surface area (Å²) in [6.45, 7) is 0. The van der Waals surface area contributed by atoms with E-state index in [-0.39, 0.29) is 5.56 Å². The van der Waals surface area contributed by atoms with Crippen molar-refractivity contribution in [3.63, 3.8) is 0 Å². The zero-order valence-electron chi connectivity index (χ0n) is 10.5. The van der Waals surface area contributed by atoms with Crippen LogP contribution in [-0.4, -0.2) is 5.11 Å². The molecule has 20 heavy (non-hydrogen) atoms. The maximum absolute atomic E-state index is 13.2. The van der Waals surface area contributed by atoms with Gasteiger partial charge in [-0.25, -0.2) is 8.78 Å². The Bertz CT molecular complexity index is 731. The van der Waals surface area contributed by atoms with Crippen LogP contribution in [0, 0.1) is 11.6 Å². The highest BCUT2D eigenvalue weighted by atomic mass is 32.1. The highest BCUT2D eigenvalue weighted by Gasteiger charge is 2.13. The number of benzene rings is 2. The van der Waals surface area contributed by atoms with Gasteiger partial charge in [-0.1, -0.05) is 18.2 Å². The molecule has 0 fully saturated rings. The summed E-state index contributed by atoms with van der Waals surface area (Å²) in [5.74, 6) is -1.34. The third-order valence-corrected chi connectivity index (χ3v) is 4.26. The third kappa shape index (κ3) is 2.57. The van der Waals surface area contributed by atoms with Gasteiger partial charge in [0.25, 0.3) is 0 Å². The normalized spacial score (nSPS) is 12.8. The summed E-state index contributed by atoms with van der Waals surface area (Å²) in [6, 6.07) is 11.0. The molecule has 0 saturated carbocycles. The molecule has 0 bridgehead atoms. The molecule has 2 aromatic carbocycles. The summed E-state index contributed by atoms with van der Waals surface area (Å²) in [4.78, 5) is 0. The minimum absolute atomic E-state index is 0.262. The van der Waals surface area contributed by atoms with Gasteiger partial charge < -0.3 is 5.11 Å². The van der Waals surface area contributed by atoms with Gasteiger partial charge in [-0.2, -0.15) is 0 Å². The largest absolute Gasteiger partial charge is 0.388 e. The molecule has 0 aliphatic heterocycles. The van der Waals surface area contributed by atoms with Crippen molar-refractivity contribution < 1.29 is 13.9 Å². The van der Waals surface area contributed by atoms with Gasteiger partial charge in [-0.3, -0.25) is 0 Å². The lowest BCUT2D eigenvalue weighted by molar-refractivity contribution is 0.178. The fourth-order valence-corrected chi connectivity index (χ4v) is 3.26. The van der Waals surface area contributed by atoms with Crippen LogP contribution < -0.4 is 0 Å². The molecule has 1 unspecified atom stereocenters. The number of aliphatic hydroxyl groups is 1. The molecule has 0 spiro atoms. The van der Waals surface area contributed by atoms with Crippen LogP contribution in [0.3, 0.4) is 0 Å². The average Bonchev–Trinajstić information content (AvgIpc) is 2.81. The van der Waals surface area contributed by atoms with Crippen molar-refractivity contribution in [1.29, 1.82) is 0 Å². The summed E-state index contributed by atoms with van der Waals surface area (Å²) in [5.41, 5.74) is 1.25. The monoisotopic (exact) mass is 290 g/mol. The van der Waals surface area contributed by atoms with Crippen LogP contribution in [0.2, 0.25) is 0 Å². The van der Waals surface area contributed by atoms with Crippen LogP contribution in [0.5, 0.6) is 0 Å². The Kier molecular flexibility index (Phi) is 3.51. The van der Waals surface area contributed by atoms with Gasteiger partial charge in [-0.05, 0) is 40.1 Å². The van der Waals surface area contributed by atoms with Gasteiger partial charge in [0.05, 0.1) is 6.10 Å². The fourth-order valence-electron chi connectivity index (χ4n) is 2.28. The van der Waals surface area contributed by atoms with Gasteiger partial charge in [-0.15, -0.1) is 11.3 Å². The summed E-state index contributed by atoms with van der Waals surface area (Å²) in [6.07, 6.45) is -0.578. The first-order valence-electron chi connectivity index (χ1n) is 6.22. The number of fused-ring (bicyclic) bond motifs is 1. The minimum Gasteiger partial charge on any atom is -0.388 e. The van der Waals surface area contributed by atoms with Gasteiger partial charge in [0.15, 0.2) is 0 Å². The third-order valence-electron chi connectivity index (χ3n) is 3.24. The lowest BCUT2D eigenvalue weighted by Crippen LogP contribution is -2.02. The van der Waals surface area contributed by atoms with Crippen LogP contribution in [0.25, 0.3) is 10.1 Å². The van der Waals surface area contributed by atoms with Gasteiger partial charge in [0.2, 0.25) is 0 Å². The van der Waals surface area contributed by atoms with Crippen LogP contribution in [0.15, 0.2) is 47.8 Å². The summed E-state index contributed by atoms with van der Waals surface area (Å²) in [7, 11) is 0. The second kappa shape index (κ2) is 5.31. The van der Waals surface area contributed by atoms with E-state index in [0.717, 1.165) is 21.7 Å². The Morgan fingerprint density at radius 2 is 1.75 bits per heavy atom. The molecular weight excluding hydrogens is 278 g/mol. The van der Waals surface area contributed by atoms with Crippen LogP contribution in [-0.2, 0) is 6.42 Å². The Morgan fingerprint density at radius 3 is 2.50 bits per heavy atom. The molecule has 0 aliphatic rings. The number of aliphatic hydroxyl groups excluding tert-OH is 1. The second-order valence-corrected chi connectivity index (χ2v) is 5.59. The SMILES string of the molecule is OC(Cc1csc2ccccc12)c1cc(F)cc(F)c1. The number of thiophene rings is 1. The van der Waals surface area contributed by atoms with E-state index in [1.54, 1.807) is 11.3 Å². The van der Waals surface area contributed by atoms with E-state index in [0.29, 0.717) is 6.42 Å². The van der Waals surface area contributed by atoms with E-state index in [2.05, 4.69) is 0 Å². The predicted octanol–water partition coefficient (Wildman–Crippen LogP) is 4.46. The molecule has 3 rings (SSSR count). The van der Waals surface area contributed by atoms with Crippen LogP contribution in [0.4, 0.5) is 8.78 Å². The molecule has 4 heteroatoms. The van der Waals surface area contributed by atoms with Gasteiger partial charge >= 0.3 is 0 Å². The summed E-state index contributed by atoms with van der Waals surface area (Å²) >= 11 is 1.60. The van der Waals surface area contributed by atoms with E-state index < -0.39 is 17.7 Å². The van der Waals surface area contributed by atoms with Crippen LogP contribution in [0.1, 0.15) is 17.2 Å². The quantitative estimate of drug-likeness (QED) is 0.755. The average molecular weight is 290 g/mol. The lowest BCUT2D eigenvalue weighted by atomic mass is 10.0. The molecule has 0 radical (unpaired) electrons. The number of halogens is 2. The molecule has 0 aliphatic carbocycles. The molecule has 3 aromatic rings. The second-order valence-electron chi connectivity index (χ2n) is 4.68. The maximum atomic E-state index is 13.2. The Labute approximate surface area is 119 Å². The van der Waals surface area contributed by atoms with Crippen LogP contribution >= 0.6 is 11.3 Å². The van der Waals surface area contributed by atoms with E-state index in [1.807, 2.05) is 29.6 Å². The fraction of sp³-hybridized carbons (Fsp3) is 0.125. The molecule has 102 valence electrons. The molecule has 1 heterocycles. The van der Waals surface area contributed by atoms with E-state index in [9.17, 15) is 13.9 Å². The highest BCUT2D eigenvalue weighted by molar-refractivity contribution is 7.17. The first kappa shape index (κ1) is 13.2. The molecule has 1 nitrogen and oxygen atoms in total. The van der Waals surface area contributed by atoms with Crippen molar-refractivity contribution in [2.24, 2.45) is 0 Å².